The molecule has 2 aromatic heterocycles. The number of nitrogens with zero attached hydrogens (tertiary/aromatic N) is 6. The van der Waals surface area contributed by atoms with E-state index in [1.165, 1.54) is 17.8 Å². The summed E-state index contributed by atoms with van der Waals surface area (Å²) in [5, 5.41) is 0.658. The van der Waals surface area contributed by atoms with Gasteiger partial charge in [0.15, 0.2) is 10.9 Å². The van der Waals surface area contributed by atoms with Crippen LogP contribution in [0.25, 0.3) is 0 Å². The molecule has 0 radical (unpaired) electrons. The van der Waals surface area contributed by atoms with Gasteiger partial charge >= 0.3 is 0 Å². The molecule has 0 atom stereocenters. The number of hydrogen-bond donors (Lipinski definition) is 0. The Morgan fingerprint density at radius 2 is 1.62 bits per heavy atom. The molecular weight excluding hydrogens is 519 g/mol. The quantitative estimate of drug-likeness (QED) is 0.324. The number of carbonyl (C=O) groups excluding carboxylic acids is 2. The van der Waals surface area contributed by atoms with Gasteiger partial charge in [-0.05, 0) is 30.7 Å². The van der Waals surface area contributed by atoms with E-state index < -0.39 is 0 Å². The number of carbonyl (C=O) groups is 2. The molecule has 0 unspecified atom stereocenters. The maximum absolute atomic E-state index is 14.2. The summed E-state index contributed by atoms with van der Waals surface area (Å²) in [6, 6.07) is 12.4. The van der Waals surface area contributed by atoms with Crippen molar-refractivity contribution in [3.8, 4) is 0 Å². The zero-order chi connectivity index (χ0) is 27.4. The Balaban J connectivity index is 1.19. The predicted octanol–water partition coefficient (Wildman–Crippen LogP) is 3.69. The molecule has 11 heteroatoms. The number of halogens is 1. The van der Waals surface area contributed by atoms with Crippen LogP contribution in [0, 0.1) is 5.82 Å². The molecule has 0 aliphatic carbocycles. The number of furan rings is 1. The van der Waals surface area contributed by atoms with Gasteiger partial charge in [-0.25, -0.2) is 14.4 Å². The lowest BCUT2D eigenvalue weighted by molar-refractivity contribution is -0.130. The molecule has 2 aliphatic rings. The molecule has 5 rings (SSSR count). The third-order valence-electron chi connectivity index (χ3n) is 7.13. The third kappa shape index (κ3) is 6.35. The maximum atomic E-state index is 14.2. The highest BCUT2D eigenvalue weighted by Crippen LogP contribution is 2.26. The van der Waals surface area contributed by atoms with Crippen LogP contribution in [-0.2, 0) is 17.0 Å². The van der Waals surface area contributed by atoms with Crippen LogP contribution < -0.4 is 9.80 Å². The van der Waals surface area contributed by atoms with Crippen molar-refractivity contribution in [2.45, 2.75) is 31.2 Å². The van der Waals surface area contributed by atoms with Crippen molar-refractivity contribution < 1.29 is 18.4 Å². The van der Waals surface area contributed by atoms with Crippen LogP contribution in [0.2, 0.25) is 0 Å². The average Bonchev–Trinajstić information content (AvgIpc) is 3.45. The van der Waals surface area contributed by atoms with Gasteiger partial charge in [0.2, 0.25) is 5.91 Å². The fourth-order valence-corrected chi connectivity index (χ4v) is 5.60. The first-order valence-corrected chi connectivity index (χ1v) is 14.3. The largest absolute Gasteiger partial charge is 0.455 e. The van der Waals surface area contributed by atoms with Gasteiger partial charge in [-0.2, -0.15) is 0 Å². The van der Waals surface area contributed by atoms with E-state index in [2.05, 4.69) is 21.7 Å². The van der Waals surface area contributed by atoms with E-state index in [0.29, 0.717) is 67.4 Å². The Morgan fingerprint density at radius 1 is 0.923 bits per heavy atom. The van der Waals surface area contributed by atoms with Crippen LogP contribution in [0.4, 0.5) is 15.9 Å². The Bertz CT molecular complexity index is 1320. The van der Waals surface area contributed by atoms with Crippen molar-refractivity contribution in [3.05, 3.63) is 65.5 Å². The van der Waals surface area contributed by atoms with Gasteiger partial charge in [0.05, 0.1) is 11.4 Å². The second-order valence-corrected chi connectivity index (χ2v) is 10.6. The molecule has 1 aromatic carbocycles. The normalized spacial score (nSPS) is 16.1. The average molecular weight is 553 g/mol. The number of amides is 2. The lowest BCUT2D eigenvalue weighted by Gasteiger charge is -2.37. The molecule has 2 saturated heterocycles. The highest BCUT2D eigenvalue weighted by Gasteiger charge is 2.25. The van der Waals surface area contributed by atoms with Gasteiger partial charge in [0, 0.05) is 71.0 Å². The molecule has 3 aromatic rings. The van der Waals surface area contributed by atoms with Gasteiger partial charge in [-0.1, -0.05) is 30.8 Å². The standard InChI is InChI=1S/C28H33FN6O3S/c1-3-21-18-26(34-14-12-33(13-15-34)24-7-5-4-6-23(24)29)31-28(30-21)39-19-22-8-9-25(38-22)27(37)35-16-10-32(11-17-35)20(2)36/h4-9,18H,3,10-17,19H2,1-2H3. The van der Waals surface area contributed by atoms with Crippen molar-refractivity contribution in [3.63, 3.8) is 0 Å². The van der Waals surface area contributed by atoms with Crippen molar-refractivity contribution in [1.29, 1.82) is 0 Å². The van der Waals surface area contributed by atoms with E-state index >= 15 is 0 Å². The number of aromatic nitrogens is 2. The third-order valence-corrected chi connectivity index (χ3v) is 8.00. The van der Waals surface area contributed by atoms with E-state index in [1.54, 1.807) is 28.9 Å². The summed E-state index contributed by atoms with van der Waals surface area (Å²) in [5.41, 5.74) is 1.60. The zero-order valence-electron chi connectivity index (χ0n) is 22.3. The fourth-order valence-electron chi connectivity index (χ4n) is 4.84. The lowest BCUT2D eigenvalue weighted by atomic mass is 10.2. The first-order valence-electron chi connectivity index (χ1n) is 13.3. The molecule has 2 fully saturated rings. The zero-order valence-corrected chi connectivity index (χ0v) is 23.1. The lowest BCUT2D eigenvalue weighted by Crippen LogP contribution is -2.50. The van der Waals surface area contributed by atoms with Crippen molar-refractivity contribution in [2.24, 2.45) is 0 Å². The topological polar surface area (TPSA) is 86.0 Å². The molecule has 2 aliphatic heterocycles. The monoisotopic (exact) mass is 552 g/mol. The Morgan fingerprint density at radius 3 is 2.31 bits per heavy atom. The van der Waals surface area contributed by atoms with E-state index in [4.69, 9.17) is 9.40 Å². The Hall–Kier alpha value is -3.60. The number of rotatable bonds is 7. The Labute approximate surface area is 232 Å². The van der Waals surface area contributed by atoms with Crippen molar-refractivity contribution in [2.75, 3.05) is 62.2 Å². The summed E-state index contributed by atoms with van der Waals surface area (Å²) < 4.78 is 20.1. The smallest absolute Gasteiger partial charge is 0.289 e. The van der Waals surface area contributed by atoms with E-state index in [-0.39, 0.29) is 17.6 Å². The molecule has 0 bridgehead atoms. The summed E-state index contributed by atoms with van der Waals surface area (Å²) in [6.45, 7) is 8.58. The van der Waals surface area contributed by atoms with Crippen molar-refractivity contribution in [1.82, 2.24) is 19.8 Å². The molecule has 4 heterocycles. The minimum absolute atomic E-state index is 0.0294. The van der Waals surface area contributed by atoms with Crippen LogP contribution in [0.3, 0.4) is 0 Å². The van der Waals surface area contributed by atoms with Crippen LogP contribution in [0.15, 0.2) is 52.0 Å². The maximum Gasteiger partial charge on any atom is 0.289 e. The molecule has 9 nitrogen and oxygen atoms in total. The van der Waals surface area contributed by atoms with Crippen LogP contribution >= 0.6 is 11.8 Å². The van der Waals surface area contributed by atoms with Gasteiger partial charge < -0.3 is 24.0 Å². The minimum atomic E-state index is -0.196. The van der Waals surface area contributed by atoms with Gasteiger partial charge in [-0.15, -0.1) is 0 Å². The summed E-state index contributed by atoms with van der Waals surface area (Å²) >= 11 is 1.47. The number of anilines is 2. The van der Waals surface area contributed by atoms with Crippen LogP contribution in [-0.4, -0.2) is 83.9 Å². The first-order chi connectivity index (χ1) is 18.9. The first kappa shape index (κ1) is 27.0. The van der Waals surface area contributed by atoms with Crippen molar-refractivity contribution >= 4 is 35.1 Å². The predicted molar refractivity (Wildman–Crippen MR) is 149 cm³/mol. The number of hydrogen-bond acceptors (Lipinski definition) is 8. The summed E-state index contributed by atoms with van der Waals surface area (Å²) in [5.74, 6) is 2.03. The number of benzene rings is 1. The second-order valence-electron chi connectivity index (χ2n) is 9.63. The molecule has 0 N–H and O–H groups in total. The fraction of sp³-hybridized carbons (Fsp3) is 0.429. The molecule has 0 saturated carbocycles. The van der Waals surface area contributed by atoms with Gasteiger partial charge in [-0.3, -0.25) is 9.59 Å². The number of para-hydroxylation sites is 1. The SMILES string of the molecule is CCc1cc(N2CCN(c3ccccc3F)CC2)nc(SCc2ccc(C(=O)N3CCN(C(C)=O)CC3)o2)n1. The van der Waals surface area contributed by atoms with Gasteiger partial charge in [0.25, 0.3) is 5.91 Å². The number of thioether (sulfide) groups is 1. The molecule has 206 valence electrons. The van der Waals surface area contributed by atoms with E-state index in [1.807, 2.05) is 24.3 Å². The van der Waals surface area contributed by atoms with E-state index in [9.17, 15) is 14.0 Å². The number of aryl methyl sites for hydroxylation is 1. The highest BCUT2D eigenvalue weighted by atomic mass is 32.2. The number of piperazine rings is 2. The molecule has 39 heavy (non-hydrogen) atoms. The van der Waals surface area contributed by atoms with Crippen LogP contribution in [0.1, 0.15) is 35.9 Å². The summed E-state index contributed by atoms with van der Waals surface area (Å²) in [6.07, 6.45) is 0.786. The minimum Gasteiger partial charge on any atom is -0.455 e. The van der Waals surface area contributed by atoms with E-state index in [0.717, 1.165) is 31.0 Å². The Kier molecular flexibility index (Phi) is 8.35. The highest BCUT2D eigenvalue weighted by molar-refractivity contribution is 7.98. The molecular formula is C28H33FN6O3S. The summed E-state index contributed by atoms with van der Waals surface area (Å²) in [7, 11) is 0. The molecule has 0 spiro atoms. The van der Waals surface area contributed by atoms with Crippen LogP contribution in [0.5, 0.6) is 0 Å². The second kappa shape index (κ2) is 12.1. The summed E-state index contributed by atoms with van der Waals surface area (Å²) in [4.78, 5) is 41.7. The molecule has 2 amide bonds. The van der Waals surface area contributed by atoms with Gasteiger partial charge in [0.1, 0.15) is 17.4 Å².